The van der Waals surface area contributed by atoms with Gasteiger partial charge in [0, 0.05) is 5.56 Å². The summed E-state index contributed by atoms with van der Waals surface area (Å²) in [6.45, 7) is 0.828. The first kappa shape index (κ1) is 17.7. The number of carbonyl (C=O) groups excluding carboxylic acids is 1. The lowest BCUT2D eigenvalue weighted by Gasteiger charge is -2.21. The van der Waals surface area contributed by atoms with E-state index in [1.807, 2.05) is 44.4 Å². The van der Waals surface area contributed by atoms with Crippen LogP contribution in [0.1, 0.15) is 38.7 Å². The second kappa shape index (κ2) is 8.26. The second-order valence-electron chi connectivity index (χ2n) is 5.91. The maximum Gasteiger partial charge on any atom is 0.335 e. The highest BCUT2D eigenvalue weighted by Gasteiger charge is 2.17. The molecule has 126 valence electrons. The fraction of sp³-hybridized carbons (Fsp3) is 0.263. The molecular formula is C19H22N2O3. The lowest BCUT2D eigenvalue weighted by Crippen LogP contribution is -2.31. The molecule has 2 aromatic carbocycles. The summed E-state index contributed by atoms with van der Waals surface area (Å²) in [6, 6.07) is 15.7. The minimum atomic E-state index is -1.04. The van der Waals surface area contributed by atoms with Gasteiger partial charge in [0.25, 0.3) is 5.91 Å². The lowest BCUT2D eigenvalue weighted by atomic mass is 10.0. The highest BCUT2D eigenvalue weighted by Crippen LogP contribution is 2.18. The lowest BCUT2D eigenvalue weighted by molar-refractivity contribution is 0.0697. The molecule has 0 aromatic heterocycles. The monoisotopic (exact) mass is 326 g/mol. The number of rotatable bonds is 7. The first-order valence-electron chi connectivity index (χ1n) is 7.81. The molecule has 0 saturated heterocycles. The van der Waals surface area contributed by atoms with E-state index in [4.69, 9.17) is 5.11 Å². The Labute approximate surface area is 141 Å². The van der Waals surface area contributed by atoms with Gasteiger partial charge in [-0.3, -0.25) is 4.79 Å². The van der Waals surface area contributed by atoms with Gasteiger partial charge in [0.05, 0.1) is 11.6 Å². The molecule has 2 rings (SSSR count). The first-order valence-corrected chi connectivity index (χ1v) is 7.81. The molecule has 24 heavy (non-hydrogen) atoms. The topological polar surface area (TPSA) is 69.6 Å². The van der Waals surface area contributed by atoms with E-state index in [-0.39, 0.29) is 17.5 Å². The van der Waals surface area contributed by atoms with Crippen LogP contribution in [-0.4, -0.2) is 42.5 Å². The Morgan fingerprint density at radius 2 is 1.71 bits per heavy atom. The fourth-order valence-electron chi connectivity index (χ4n) is 2.43. The maximum atomic E-state index is 12.5. The summed E-state index contributed by atoms with van der Waals surface area (Å²) in [6.07, 6.45) is 0.765. The van der Waals surface area contributed by atoms with Crippen molar-refractivity contribution in [3.05, 3.63) is 71.3 Å². The van der Waals surface area contributed by atoms with E-state index in [2.05, 4.69) is 10.2 Å². The first-order chi connectivity index (χ1) is 11.5. The van der Waals surface area contributed by atoms with Gasteiger partial charge in [-0.15, -0.1) is 0 Å². The van der Waals surface area contributed by atoms with Crippen molar-refractivity contribution in [3.63, 3.8) is 0 Å². The third-order valence-corrected chi connectivity index (χ3v) is 3.74. The molecule has 0 saturated carbocycles. The van der Waals surface area contributed by atoms with Gasteiger partial charge >= 0.3 is 5.97 Å². The van der Waals surface area contributed by atoms with E-state index in [9.17, 15) is 9.59 Å². The fourth-order valence-corrected chi connectivity index (χ4v) is 2.43. The van der Waals surface area contributed by atoms with Gasteiger partial charge in [0.2, 0.25) is 0 Å². The summed E-state index contributed by atoms with van der Waals surface area (Å²) in [7, 11) is 3.97. The summed E-state index contributed by atoms with van der Waals surface area (Å²) in [4.78, 5) is 25.7. The van der Waals surface area contributed by atoms with Crippen LogP contribution in [0.4, 0.5) is 0 Å². The zero-order valence-electron chi connectivity index (χ0n) is 13.9. The molecule has 1 amide bonds. The van der Waals surface area contributed by atoms with Crippen molar-refractivity contribution in [2.24, 2.45) is 0 Å². The van der Waals surface area contributed by atoms with Crippen LogP contribution < -0.4 is 5.32 Å². The SMILES string of the molecule is CN(C)CCC(NC(=O)c1cccc(C(=O)O)c1)c1ccccc1. The molecule has 0 bridgehead atoms. The Kier molecular flexibility index (Phi) is 6.09. The third-order valence-electron chi connectivity index (χ3n) is 3.74. The number of hydrogen-bond donors (Lipinski definition) is 2. The van der Waals surface area contributed by atoms with Crippen molar-refractivity contribution in [3.8, 4) is 0 Å². The Morgan fingerprint density at radius 3 is 2.33 bits per heavy atom. The van der Waals surface area contributed by atoms with Gasteiger partial charge in [-0.05, 0) is 50.8 Å². The number of carboxylic acid groups (broad SMARTS) is 1. The van der Waals surface area contributed by atoms with Gasteiger partial charge in [-0.1, -0.05) is 36.4 Å². The molecule has 1 unspecified atom stereocenters. The highest BCUT2D eigenvalue weighted by atomic mass is 16.4. The summed E-state index contributed by atoms with van der Waals surface area (Å²) < 4.78 is 0. The number of carbonyl (C=O) groups is 2. The number of nitrogens with one attached hydrogen (secondary N) is 1. The predicted octanol–water partition coefficient (Wildman–Crippen LogP) is 2.81. The average Bonchev–Trinajstić information content (AvgIpc) is 2.59. The van der Waals surface area contributed by atoms with E-state index in [1.165, 1.54) is 12.1 Å². The molecule has 2 N–H and O–H groups in total. The van der Waals surface area contributed by atoms with E-state index >= 15 is 0 Å². The van der Waals surface area contributed by atoms with Crippen molar-refractivity contribution in [1.29, 1.82) is 0 Å². The van der Waals surface area contributed by atoms with Gasteiger partial charge < -0.3 is 15.3 Å². The molecule has 2 aromatic rings. The molecule has 5 heteroatoms. The number of amides is 1. The van der Waals surface area contributed by atoms with Crippen LogP contribution in [0.3, 0.4) is 0 Å². The van der Waals surface area contributed by atoms with Gasteiger partial charge in [-0.2, -0.15) is 0 Å². The molecule has 0 aliphatic rings. The minimum absolute atomic E-state index is 0.104. The summed E-state index contributed by atoms with van der Waals surface area (Å²) in [5.74, 6) is -1.32. The number of nitrogens with zero attached hydrogens (tertiary/aromatic N) is 1. The normalized spacial score (nSPS) is 12.0. The smallest absolute Gasteiger partial charge is 0.335 e. The molecule has 5 nitrogen and oxygen atoms in total. The standard InChI is InChI=1S/C19H22N2O3/c1-21(2)12-11-17(14-7-4-3-5-8-14)20-18(22)15-9-6-10-16(13-15)19(23)24/h3-10,13,17H,11-12H2,1-2H3,(H,20,22)(H,23,24). The molecule has 0 fully saturated rings. The van der Waals surface area contributed by atoms with Crippen molar-refractivity contribution >= 4 is 11.9 Å². The Morgan fingerprint density at radius 1 is 1.04 bits per heavy atom. The van der Waals surface area contributed by atoms with E-state index in [0.29, 0.717) is 5.56 Å². The Bertz CT molecular complexity index is 699. The van der Waals surface area contributed by atoms with Gasteiger partial charge in [0.15, 0.2) is 0 Å². The molecule has 1 atom stereocenters. The van der Waals surface area contributed by atoms with E-state index < -0.39 is 5.97 Å². The molecule has 0 aliphatic heterocycles. The summed E-state index contributed by atoms with van der Waals surface area (Å²) in [5, 5.41) is 12.1. The predicted molar refractivity (Wildman–Crippen MR) is 93.2 cm³/mol. The highest BCUT2D eigenvalue weighted by molar-refractivity contribution is 5.97. The number of hydrogen-bond acceptors (Lipinski definition) is 3. The zero-order valence-corrected chi connectivity index (χ0v) is 13.9. The third kappa shape index (κ3) is 4.93. The van der Waals surface area contributed by atoms with Crippen LogP contribution in [0.15, 0.2) is 54.6 Å². The summed E-state index contributed by atoms with van der Waals surface area (Å²) in [5.41, 5.74) is 1.48. The molecule has 0 aliphatic carbocycles. The quantitative estimate of drug-likeness (QED) is 0.821. The van der Waals surface area contributed by atoms with Crippen LogP contribution >= 0.6 is 0 Å². The second-order valence-corrected chi connectivity index (χ2v) is 5.91. The molecule has 0 radical (unpaired) electrons. The average molecular weight is 326 g/mol. The van der Waals surface area contributed by atoms with Crippen LogP contribution in [-0.2, 0) is 0 Å². The van der Waals surface area contributed by atoms with Gasteiger partial charge in [-0.25, -0.2) is 4.79 Å². The number of aromatic carboxylic acids is 1. The van der Waals surface area contributed by atoms with E-state index in [0.717, 1.165) is 18.5 Å². The Balaban J connectivity index is 2.17. The van der Waals surface area contributed by atoms with Crippen LogP contribution in [0.5, 0.6) is 0 Å². The van der Waals surface area contributed by atoms with Crippen LogP contribution in [0.2, 0.25) is 0 Å². The van der Waals surface area contributed by atoms with Gasteiger partial charge in [0.1, 0.15) is 0 Å². The maximum absolute atomic E-state index is 12.5. The minimum Gasteiger partial charge on any atom is -0.478 e. The molecular weight excluding hydrogens is 304 g/mol. The van der Waals surface area contributed by atoms with Crippen LogP contribution in [0, 0.1) is 0 Å². The largest absolute Gasteiger partial charge is 0.478 e. The number of carboxylic acids is 1. The van der Waals surface area contributed by atoms with Crippen molar-refractivity contribution in [1.82, 2.24) is 10.2 Å². The van der Waals surface area contributed by atoms with E-state index in [1.54, 1.807) is 12.1 Å². The Hall–Kier alpha value is -2.66. The molecule has 0 spiro atoms. The van der Waals surface area contributed by atoms with Crippen molar-refractivity contribution in [2.75, 3.05) is 20.6 Å². The molecule has 0 heterocycles. The number of benzene rings is 2. The summed E-state index contributed by atoms with van der Waals surface area (Å²) >= 11 is 0. The van der Waals surface area contributed by atoms with Crippen LogP contribution in [0.25, 0.3) is 0 Å². The zero-order chi connectivity index (χ0) is 17.5. The van der Waals surface area contributed by atoms with Crippen molar-refractivity contribution in [2.45, 2.75) is 12.5 Å². The van der Waals surface area contributed by atoms with Crippen molar-refractivity contribution < 1.29 is 14.7 Å².